The molecule has 0 saturated heterocycles. The van der Waals surface area contributed by atoms with Gasteiger partial charge in [0.05, 0.1) is 11.6 Å². The molecule has 1 atom stereocenters. The van der Waals surface area contributed by atoms with Crippen LogP contribution in [0.25, 0.3) is 5.65 Å². The number of hydrogen-bond donors (Lipinski definition) is 2. The first-order chi connectivity index (χ1) is 12.0. The third-order valence-electron chi connectivity index (χ3n) is 4.02. The number of carbonyl (C=O) groups excluding carboxylic acids is 1. The molecular formula is C17H18ClN5O2. The van der Waals surface area contributed by atoms with Crippen molar-refractivity contribution in [1.82, 2.24) is 24.8 Å². The third kappa shape index (κ3) is 3.57. The van der Waals surface area contributed by atoms with Gasteiger partial charge in [-0.15, -0.1) is 0 Å². The number of pyridine rings is 1. The number of H-pyrrole nitrogens is 1. The van der Waals surface area contributed by atoms with Crippen molar-refractivity contribution in [3.8, 4) is 0 Å². The standard InChI is InChI=1S/C17H18ClN5O2/c1-22(2)14(11-5-7-12(18)8-6-11)10-19-16(24)13-4-3-9-23-15(13)20-21-17(23)25/h3-9,14H,10H2,1-2H3,(H,19,24)(H,21,25). The Balaban J connectivity index is 1.79. The molecule has 0 bridgehead atoms. The van der Waals surface area contributed by atoms with Crippen LogP contribution < -0.4 is 11.0 Å². The van der Waals surface area contributed by atoms with Gasteiger partial charge in [0.25, 0.3) is 5.91 Å². The van der Waals surface area contributed by atoms with E-state index in [1.807, 2.05) is 43.3 Å². The SMILES string of the molecule is CN(C)C(CNC(=O)c1cccn2c(=O)[nH]nc12)c1ccc(Cl)cc1. The molecule has 0 saturated carbocycles. The number of aromatic nitrogens is 3. The summed E-state index contributed by atoms with van der Waals surface area (Å²) in [6, 6.07) is 10.8. The van der Waals surface area contributed by atoms with E-state index in [4.69, 9.17) is 11.6 Å². The maximum absolute atomic E-state index is 12.6. The Morgan fingerprint density at radius 2 is 2.04 bits per heavy atom. The summed E-state index contributed by atoms with van der Waals surface area (Å²) >= 11 is 5.94. The highest BCUT2D eigenvalue weighted by Gasteiger charge is 2.18. The monoisotopic (exact) mass is 359 g/mol. The quantitative estimate of drug-likeness (QED) is 0.726. The van der Waals surface area contributed by atoms with Gasteiger partial charge in [-0.05, 0) is 43.9 Å². The topological polar surface area (TPSA) is 82.5 Å². The predicted molar refractivity (Wildman–Crippen MR) is 96.0 cm³/mol. The number of benzene rings is 1. The van der Waals surface area contributed by atoms with Crippen LogP contribution in [-0.2, 0) is 0 Å². The molecule has 25 heavy (non-hydrogen) atoms. The van der Waals surface area contributed by atoms with E-state index in [2.05, 4.69) is 15.5 Å². The van der Waals surface area contributed by atoms with E-state index in [1.165, 1.54) is 4.40 Å². The Morgan fingerprint density at radius 3 is 2.72 bits per heavy atom. The summed E-state index contributed by atoms with van der Waals surface area (Å²) in [4.78, 5) is 26.2. The molecule has 0 fully saturated rings. The van der Waals surface area contributed by atoms with Gasteiger partial charge in [-0.3, -0.25) is 4.79 Å². The first-order valence-electron chi connectivity index (χ1n) is 7.73. The summed E-state index contributed by atoms with van der Waals surface area (Å²) < 4.78 is 1.30. The van der Waals surface area contributed by atoms with Crippen LogP contribution in [0.3, 0.4) is 0 Å². The van der Waals surface area contributed by atoms with Crippen molar-refractivity contribution in [2.45, 2.75) is 6.04 Å². The highest BCUT2D eigenvalue weighted by atomic mass is 35.5. The number of hydrogen-bond acceptors (Lipinski definition) is 4. The smallest absolute Gasteiger partial charge is 0.347 e. The molecule has 0 aliphatic carbocycles. The van der Waals surface area contributed by atoms with Crippen molar-refractivity contribution in [3.05, 3.63) is 69.2 Å². The van der Waals surface area contributed by atoms with Crippen molar-refractivity contribution in [2.24, 2.45) is 0 Å². The molecule has 2 N–H and O–H groups in total. The molecule has 0 radical (unpaired) electrons. The average Bonchev–Trinajstić information content (AvgIpc) is 2.97. The van der Waals surface area contributed by atoms with E-state index in [0.29, 0.717) is 22.8 Å². The summed E-state index contributed by atoms with van der Waals surface area (Å²) in [6.07, 6.45) is 1.56. The first-order valence-corrected chi connectivity index (χ1v) is 8.11. The lowest BCUT2D eigenvalue weighted by molar-refractivity contribution is 0.0943. The van der Waals surface area contributed by atoms with Crippen molar-refractivity contribution in [1.29, 1.82) is 0 Å². The number of amides is 1. The molecular weight excluding hydrogens is 342 g/mol. The zero-order valence-corrected chi connectivity index (χ0v) is 14.6. The molecule has 1 unspecified atom stereocenters. The fourth-order valence-electron chi connectivity index (χ4n) is 2.68. The Hall–Kier alpha value is -2.64. The number of carbonyl (C=O) groups is 1. The lowest BCUT2D eigenvalue weighted by atomic mass is 10.1. The molecule has 130 valence electrons. The van der Waals surface area contributed by atoms with Gasteiger partial charge in [-0.1, -0.05) is 23.7 Å². The minimum Gasteiger partial charge on any atom is -0.350 e. The largest absolute Gasteiger partial charge is 0.350 e. The minimum atomic E-state index is -0.378. The number of nitrogens with one attached hydrogen (secondary N) is 2. The number of halogens is 1. The second-order valence-electron chi connectivity index (χ2n) is 5.89. The van der Waals surface area contributed by atoms with Crippen LogP contribution in [0.1, 0.15) is 22.0 Å². The molecule has 0 aliphatic heterocycles. The normalized spacial score (nSPS) is 12.5. The second kappa shape index (κ2) is 7.08. The second-order valence-corrected chi connectivity index (χ2v) is 6.32. The molecule has 1 aromatic carbocycles. The van der Waals surface area contributed by atoms with Crippen LogP contribution in [0.2, 0.25) is 5.02 Å². The maximum Gasteiger partial charge on any atom is 0.347 e. The molecule has 8 heteroatoms. The van der Waals surface area contributed by atoms with E-state index in [9.17, 15) is 9.59 Å². The van der Waals surface area contributed by atoms with Gasteiger partial charge in [0, 0.05) is 17.8 Å². The van der Waals surface area contributed by atoms with Gasteiger partial charge in [-0.2, -0.15) is 5.10 Å². The van der Waals surface area contributed by atoms with E-state index < -0.39 is 0 Å². The molecule has 2 heterocycles. The Bertz CT molecular complexity index is 946. The van der Waals surface area contributed by atoms with Crippen LogP contribution in [-0.4, -0.2) is 46.0 Å². The van der Waals surface area contributed by atoms with Gasteiger partial charge in [0.15, 0.2) is 5.65 Å². The number of fused-ring (bicyclic) bond motifs is 1. The van der Waals surface area contributed by atoms with Crippen LogP contribution in [0.4, 0.5) is 0 Å². The zero-order valence-electron chi connectivity index (χ0n) is 13.9. The molecule has 3 aromatic rings. The van der Waals surface area contributed by atoms with Crippen molar-refractivity contribution >= 4 is 23.2 Å². The number of nitrogens with zero attached hydrogens (tertiary/aromatic N) is 3. The fraction of sp³-hybridized carbons (Fsp3) is 0.235. The van der Waals surface area contributed by atoms with E-state index >= 15 is 0 Å². The van der Waals surface area contributed by atoms with Gasteiger partial charge in [0.2, 0.25) is 0 Å². The van der Waals surface area contributed by atoms with E-state index in [1.54, 1.807) is 18.3 Å². The summed E-state index contributed by atoms with van der Waals surface area (Å²) in [5, 5.41) is 9.83. The maximum atomic E-state index is 12.6. The van der Waals surface area contributed by atoms with Crippen LogP contribution in [0, 0.1) is 0 Å². The molecule has 0 aliphatic rings. The predicted octanol–water partition coefficient (Wildman–Crippen LogP) is 1.71. The highest BCUT2D eigenvalue weighted by molar-refractivity contribution is 6.30. The lowest BCUT2D eigenvalue weighted by Crippen LogP contribution is -2.34. The summed E-state index contributed by atoms with van der Waals surface area (Å²) in [5.41, 5.74) is 1.31. The highest BCUT2D eigenvalue weighted by Crippen LogP contribution is 2.20. The summed E-state index contributed by atoms with van der Waals surface area (Å²) in [7, 11) is 3.89. The first kappa shape index (κ1) is 17.2. The zero-order chi connectivity index (χ0) is 18.0. The van der Waals surface area contributed by atoms with E-state index in [0.717, 1.165) is 5.56 Å². The average molecular weight is 360 g/mol. The molecule has 0 spiro atoms. The molecule has 3 rings (SSSR count). The molecule has 2 aromatic heterocycles. The summed E-state index contributed by atoms with van der Waals surface area (Å²) in [5.74, 6) is -0.287. The Morgan fingerprint density at radius 1 is 1.32 bits per heavy atom. The lowest BCUT2D eigenvalue weighted by Gasteiger charge is -2.25. The van der Waals surface area contributed by atoms with Crippen LogP contribution in [0.5, 0.6) is 0 Å². The Labute approximate surface area is 149 Å². The van der Waals surface area contributed by atoms with Crippen molar-refractivity contribution in [2.75, 3.05) is 20.6 Å². The van der Waals surface area contributed by atoms with E-state index in [-0.39, 0.29) is 17.6 Å². The number of likely N-dealkylation sites (N-methyl/N-ethyl adjacent to an activating group) is 1. The van der Waals surface area contributed by atoms with Gasteiger partial charge in [0.1, 0.15) is 0 Å². The fourth-order valence-corrected chi connectivity index (χ4v) is 2.80. The molecule has 1 amide bonds. The third-order valence-corrected chi connectivity index (χ3v) is 4.27. The van der Waals surface area contributed by atoms with Gasteiger partial charge >= 0.3 is 5.69 Å². The van der Waals surface area contributed by atoms with Crippen LogP contribution >= 0.6 is 11.6 Å². The Kier molecular flexibility index (Phi) is 4.87. The number of aromatic amines is 1. The van der Waals surface area contributed by atoms with Gasteiger partial charge < -0.3 is 10.2 Å². The molecule has 7 nitrogen and oxygen atoms in total. The van der Waals surface area contributed by atoms with Gasteiger partial charge in [-0.25, -0.2) is 14.3 Å². The summed E-state index contributed by atoms with van der Waals surface area (Å²) in [6.45, 7) is 0.406. The van der Waals surface area contributed by atoms with Crippen molar-refractivity contribution in [3.63, 3.8) is 0 Å². The number of rotatable bonds is 5. The minimum absolute atomic E-state index is 0.0117. The van der Waals surface area contributed by atoms with Crippen LogP contribution in [0.15, 0.2) is 47.4 Å². The van der Waals surface area contributed by atoms with Crippen molar-refractivity contribution < 1.29 is 4.79 Å².